The van der Waals surface area contributed by atoms with Crippen LogP contribution < -0.4 is 11.1 Å². The fourth-order valence-electron chi connectivity index (χ4n) is 1.93. The molecule has 0 unspecified atom stereocenters. The molecule has 1 amide bonds. The molecule has 0 spiro atoms. The Labute approximate surface area is 117 Å². The van der Waals surface area contributed by atoms with Crippen molar-refractivity contribution in [2.45, 2.75) is 13.5 Å². The van der Waals surface area contributed by atoms with E-state index in [1.54, 1.807) is 30.3 Å². The average molecular weight is 274 g/mol. The van der Waals surface area contributed by atoms with Crippen LogP contribution in [0.2, 0.25) is 0 Å². The summed E-state index contributed by atoms with van der Waals surface area (Å²) in [6.07, 6.45) is 3.35. The molecule has 3 N–H and O–H groups in total. The number of hydrogen-bond donors (Lipinski definition) is 2. The fraction of sp³-hybridized carbons (Fsp3) is 0.286. The summed E-state index contributed by atoms with van der Waals surface area (Å²) < 4.78 is 6.68. The van der Waals surface area contributed by atoms with Gasteiger partial charge in [0.1, 0.15) is 0 Å². The van der Waals surface area contributed by atoms with Crippen molar-refractivity contribution in [2.24, 2.45) is 0 Å². The molecular formula is C14H18N4O2. The molecule has 0 saturated heterocycles. The zero-order chi connectivity index (χ0) is 14.5. The van der Waals surface area contributed by atoms with E-state index >= 15 is 0 Å². The highest BCUT2D eigenvalue weighted by atomic mass is 16.5. The van der Waals surface area contributed by atoms with Crippen molar-refractivity contribution in [3.05, 3.63) is 41.7 Å². The summed E-state index contributed by atoms with van der Waals surface area (Å²) in [4.78, 5) is 12.2. The lowest BCUT2D eigenvalue weighted by atomic mass is 10.1. The minimum atomic E-state index is -0.230. The van der Waals surface area contributed by atoms with Gasteiger partial charge in [0.15, 0.2) is 0 Å². The van der Waals surface area contributed by atoms with Crippen molar-refractivity contribution in [2.75, 3.05) is 24.8 Å². The van der Waals surface area contributed by atoms with Gasteiger partial charge in [-0.15, -0.1) is 0 Å². The van der Waals surface area contributed by atoms with E-state index in [0.717, 1.165) is 5.56 Å². The number of nitrogens with one attached hydrogen (secondary N) is 1. The molecule has 0 bridgehead atoms. The van der Waals surface area contributed by atoms with Crippen molar-refractivity contribution >= 4 is 17.3 Å². The van der Waals surface area contributed by atoms with Crippen LogP contribution in [0.4, 0.5) is 11.4 Å². The van der Waals surface area contributed by atoms with Crippen LogP contribution in [0.5, 0.6) is 0 Å². The molecule has 0 aliphatic carbocycles. The van der Waals surface area contributed by atoms with Gasteiger partial charge in [-0.05, 0) is 18.6 Å². The molecule has 0 atom stereocenters. The number of carbonyl (C=O) groups is 1. The van der Waals surface area contributed by atoms with Crippen LogP contribution in [-0.4, -0.2) is 29.4 Å². The fourth-order valence-corrected chi connectivity index (χ4v) is 1.93. The van der Waals surface area contributed by atoms with Crippen LogP contribution in [0.25, 0.3) is 0 Å². The third-order valence-electron chi connectivity index (χ3n) is 2.95. The summed E-state index contributed by atoms with van der Waals surface area (Å²) in [7, 11) is 1.63. The van der Waals surface area contributed by atoms with Crippen molar-refractivity contribution in [3.8, 4) is 0 Å². The first-order chi connectivity index (χ1) is 9.61. The molecular weight excluding hydrogens is 256 g/mol. The van der Waals surface area contributed by atoms with Crippen molar-refractivity contribution in [1.29, 1.82) is 0 Å². The molecule has 1 aromatic heterocycles. The zero-order valence-corrected chi connectivity index (χ0v) is 11.6. The lowest BCUT2D eigenvalue weighted by Gasteiger charge is -2.08. The van der Waals surface area contributed by atoms with Crippen molar-refractivity contribution in [1.82, 2.24) is 9.78 Å². The number of carbonyl (C=O) groups excluding carboxylic acids is 1. The van der Waals surface area contributed by atoms with Gasteiger partial charge in [-0.25, -0.2) is 0 Å². The number of nitrogen functional groups attached to an aromatic ring is 1. The predicted octanol–water partition coefficient (Wildman–Crippen LogP) is 1.67. The smallest absolute Gasteiger partial charge is 0.258 e. The Bertz CT molecular complexity index is 587. The van der Waals surface area contributed by atoms with Gasteiger partial charge in [0.2, 0.25) is 0 Å². The van der Waals surface area contributed by atoms with Gasteiger partial charge >= 0.3 is 0 Å². The lowest BCUT2D eigenvalue weighted by molar-refractivity contribution is 0.102. The molecule has 2 aromatic rings. The number of benzene rings is 1. The van der Waals surface area contributed by atoms with Gasteiger partial charge in [-0.1, -0.05) is 12.1 Å². The first-order valence-corrected chi connectivity index (χ1v) is 6.29. The summed E-state index contributed by atoms with van der Waals surface area (Å²) in [5, 5.41) is 6.93. The van der Waals surface area contributed by atoms with E-state index in [0.29, 0.717) is 30.1 Å². The predicted molar refractivity (Wildman–Crippen MR) is 77.6 cm³/mol. The van der Waals surface area contributed by atoms with Gasteiger partial charge < -0.3 is 15.8 Å². The number of aromatic nitrogens is 2. The van der Waals surface area contributed by atoms with E-state index < -0.39 is 0 Å². The number of aryl methyl sites for hydroxylation is 1. The van der Waals surface area contributed by atoms with Gasteiger partial charge in [0, 0.05) is 19.0 Å². The molecule has 2 rings (SSSR count). The number of nitrogens with zero attached hydrogens (tertiary/aromatic N) is 2. The second-order valence-electron chi connectivity index (χ2n) is 4.48. The van der Waals surface area contributed by atoms with Crippen LogP contribution in [0, 0.1) is 6.92 Å². The van der Waals surface area contributed by atoms with E-state index in [4.69, 9.17) is 10.5 Å². The largest absolute Gasteiger partial charge is 0.398 e. The van der Waals surface area contributed by atoms with E-state index in [9.17, 15) is 4.79 Å². The van der Waals surface area contributed by atoms with Crippen LogP contribution in [0.15, 0.2) is 30.6 Å². The highest BCUT2D eigenvalue weighted by Crippen LogP contribution is 2.18. The van der Waals surface area contributed by atoms with Crippen LogP contribution >= 0.6 is 0 Å². The summed E-state index contributed by atoms with van der Waals surface area (Å²) in [6, 6.07) is 5.39. The Hall–Kier alpha value is -2.34. The van der Waals surface area contributed by atoms with Crippen LogP contribution in [0.1, 0.15) is 15.9 Å². The molecule has 0 saturated carbocycles. The highest BCUT2D eigenvalue weighted by molar-refractivity contribution is 6.08. The molecule has 1 aromatic carbocycles. The molecule has 0 radical (unpaired) electrons. The minimum absolute atomic E-state index is 0.230. The quantitative estimate of drug-likeness (QED) is 0.813. The summed E-state index contributed by atoms with van der Waals surface area (Å²) in [5.41, 5.74) is 8.29. The molecule has 106 valence electrons. The lowest BCUT2D eigenvalue weighted by Crippen LogP contribution is -2.15. The molecule has 0 aliphatic rings. The molecule has 0 fully saturated rings. The normalized spacial score (nSPS) is 10.5. The second kappa shape index (κ2) is 6.21. The van der Waals surface area contributed by atoms with E-state index in [1.807, 2.05) is 19.1 Å². The number of amides is 1. The number of anilines is 2. The maximum absolute atomic E-state index is 12.2. The number of rotatable bonds is 5. The average Bonchev–Trinajstić information content (AvgIpc) is 2.83. The maximum atomic E-state index is 12.2. The minimum Gasteiger partial charge on any atom is -0.398 e. The van der Waals surface area contributed by atoms with Crippen LogP contribution in [-0.2, 0) is 11.3 Å². The molecule has 0 aliphatic heterocycles. The van der Waals surface area contributed by atoms with Gasteiger partial charge in [-0.3, -0.25) is 9.48 Å². The second-order valence-corrected chi connectivity index (χ2v) is 4.48. The Kier molecular flexibility index (Phi) is 4.37. The summed E-state index contributed by atoms with van der Waals surface area (Å²) in [6.45, 7) is 3.06. The highest BCUT2D eigenvalue weighted by Gasteiger charge is 2.13. The molecule has 1 heterocycles. The zero-order valence-electron chi connectivity index (χ0n) is 11.6. The SMILES string of the molecule is COCCn1cc(NC(=O)c2c(C)cccc2N)cn1. The number of methoxy groups -OCH3 is 1. The monoisotopic (exact) mass is 274 g/mol. The first-order valence-electron chi connectivity index (χ1n) is 6.29. The van der Waals surface area contributed by atoms with Crippen molar-refractivity contribution in [3.63, 3.8) is 0 Å². The molecule has 6 heteroatoms. The Morgan fingerprint density at radius 3 is 3.00 bits per heavy atom. The van der Waals surface area contributed by atoms with Crippen LogP contribution in [0.3, 0.4) is 0 Å². The number of nitrogens with two attached hydrogens (primary N) is 1. The van der Waals surface area contributed by atoms with E-state index in [1.165, 1.54) is 0 Å². The third-order valence-corrected chi connectivity index (χ3v) is 2.95. The number of ether oxygens (including phenoxy) is 1. The molecule has 6 nitrogen and oxygen atoms in total. The summed E-state index contributed by atoms with van der Waals surface area (Å²) >= 11 is 0. The Morgan fingerprint density at radius 1 is 1.50 bits per heavy atom. The van der Waals surface area contributed by atoms with Gasteiger partial charge in [0.05, 0.1) is 30.6 Å². The Balaban J connectivity index is 2.10. The van der Waals surface area contributed by atoms with Gasteiger partial charge in [-0.2, -0.15) is 5.10 Å². The van der Waals surface area contributed by atoms with E-state index in [2.05, 4.69) is 10.4 Å². The Morgan fingerprint density at radius 2 is 2.30 bits per heavy atom. The summed E-state index contributed by atoms with van der Waals surface area (Å²) in [5.74, 6) is -0.230. The number of hydrogen-bond acceptors (Lipinski definition) is 4. The van der Waals surface area contributed by atoms with Gasteiger partial charge in [0.25, 0.3) is 5.91 Å². The topological polar surface area (TPSA) is 82.2 Å². The third kappa shape index (κ3) is 3.16. The molecule has 20 heavy (non-hydrogen) atoms. The standard InChI is InChI=1S/C14H18N4O2/c1-10-4-3-5-12(15)13(10)14(19)17-11-8-16-18(9-11)6-7-20-2/h3-5,8-9H,6-7,15H2,1-2H3,(H,17,19). The van der Waals surface area contributed by atoms with E-state index in [-0.39, 0.29) is 5.91 Å². The maximum Gasteiger partial charge on any atom is 0.258 e. The van der Waals surface area contributed by atoms with Crippen molar-refractivity contribution < 1.29 is 9.53 Å². The first kappa shape index (κ1) is 14.1.